The number of anilines is 1. The van der Waals surface area contributed by atoms with Crippen molar-refractivity contribution in [1.82, 2.24) is 5.32 Å². The van der Waals surface area contributed by atoms with E-state index in [1.807, 2.05) is 0 Å². The largest absolute Gasteiger partial charge is 0.456 e. The molecule has 9 nitrogen and oxygen atoms in total. The molecule has 0 aliphatic carbocycles. The minimum atomic E-state index is -0.923. The highest BCUT2D eigenvalue weighted by Gasteiger charge is 2.22. The molecule has 1 atom stereocenters. The second-order valence-corrected chi connectivity index (χ2v) is 5.76. The second-order valence-electron chi connectivity index (χ2n) is 5.76. The van der Waals surface area contributed by atoms with Crippen LogP contribution in [0, 0.1) is 10.1 Å². The lowest BCUT2D eigenvalue weighted by molar-refractivity contribution is -0.384. The number of carbonyl (C=O) groups is 3. The average Bonchev–Trinajstić information content (AvgIpc) is 2.70. The number of hydrogen-bond acceptors (Lipinski definition) is 6. The first kappa shape index (κ1) is 20.6. The van der Waals surface area contributed by atoms with Gasteiger partial charge >= 0.3 is 12.0 Å². The highest BCUT2D eigenvalue weighted by molar-refractivity contribution is 5.98. The maximum atomic E-state index is 12.1. The molecule has 146 valence electrons. The molecule has 0 radical (unpaired) electrons. The molecule has 2 amide bonds. The van der Waals surface area contributed by atoms with Gasteiger partial charge in [0.2, 0.25) is 0 Å². The van der Waals surface area contributed by atoms with E-state index in [0.29, 0.717) is 5.69 Å². The number of benzene rings is 2. The topological polar surface area (TPSA) is 128 Å². The van der Waals surface area contributed by atoms with Crippen LogP contribution in [-0.4, -0.2) is 35.4 Å². The van der Waals surface area contributed by atoms with Crippen LogP contribution in [0.1, 0.15) is 23.7 Å². The fourth-order valence-electron chi connectivity index (χ4n) is 2.26. The molecule has 0 heterocycles. The Balaban J connectivity index is 1.86. The third kappa shape index (κ3) is 5.90. The molecule has 2 N–H and O–H groups in total. The number of hydrogen-bond donors (Lipinski definition) is 2. The van der Waals surface area contributed by atoms with E-state index in [0.717, 1.165) is 0 Å². The van der Waals surface area contributed by atoms with Crippen molar-refractivity contribution in [2.45, 2.75) is 19.4 Å². The van der Waals surface area contributed by atoms with Crippen molar-refractivity contribution >= 4 is 29.2 Å². The van der Waals surface area contributed by atoms with Gasteiger partial charge in [0.25, 0.3) is 5.69 Å². The molecule has 9 heteroatoms. The number of nitro groups is 1. The molecule has 2 aromatic rings. The molecule has 0 saturated carbocycles. The van der Waals surface area contributed by atoms with Gasteiger partial charge in [-0.25, -0.2) is 9.59 Å². The van der Waals surface area contributed by atoms with Crippen LogP contribution in [0.5, 0.6) is 0 Å². The second kappa shape index (κ2) is 9.81. The maximum absolute atomic E-state index is 12.1. The summed E-state index contributed by atoms with van der Waals surface area (Å²) >= 11 is 0. The van der Waals surface area contributed by atoms with Crippen LogP contribution in [0.2, 0.25) is 0 Å². The van der Waals surface area contributed by atoms with Gasteiger partial charge in [-0.15, -0.1) is 0 Å². The number of Topliss-reactive ketones (excluding diaryl/α,β-unsaturated/α-hetero) is 1. The van der Waals surface area contributed by atoms with Crippen LogP contribution in [0.3, 0.4) is 0 Å². The number of ether oxygens (including phenoxy) is 1. The number of urea groups is 1. The monoisotopic (exact) mass is 385 g/mol. The average molecular weight is 385 g/mol. The smallest absolute Gasteiger partial charge is 0.329 e. The van der Waals surface area contributed by atoms with Crippen LogP contribution in [0.4, 0.5) is 16.2 Å². The van der Waals surface area contributed by atoms with E-state index in [-0.39, 0.29) is 17.7 Å². The number of nitrogens with zero attached hydrogens (tertiary/aromatic N) is 1. The van der Waals surface area contributed by atoms with Crippen LogP contribution in [0.25, 0.3) is 0 Å². The number of para-hydroxylation sites is 1. The van der Waals surface area contributed by atoms with Crippen LogP contribution < -0.4 is 10.6 Å². The SMILES string of the molecule is CC[C@H](NC(=O)Nc1ccccc1)C(=O)OCC(=O)c1ccc([N+](=O)[O-])cc1. The molecule has 0 aliphatic rings. The van der Waals surface area contributed by atoms with E-state index in [2.05, 4.69) is 10.6 Å². The summed E-state index contributed by atoms with van der Waals surface area (Å²) in [6, 6.07) is 12.2. The predicted molar refractivity (Wildman–Crippen MR) is 101 cm³/mol. The minimum Gasteiger partial charge on any atom is -0.456 e. The summed E-state index contributed by atoms with van der Waals surface area (Å²) in [5, 5.41) is 15.7. The van der Waals surface area contributed by atoms with Gasteiger partial charge in [-0.3, -0.25) is 14.9 Å². The summed E-state index contributed by atoms with van der Waals surface area (Å²) in [6.07, 6.45) is 0.271. The van der Waals surface area contributed by atoms with E-state index in [1.54, 1.807) is 37.3 Å². The van der Waals surface area contributed by atoms with Gasteiger partial charge in [-0.05, 0) is 30.7 Å². The highest BCUT2D eigenvalue weighted by Crippen LogP contribution is 2.12. The predicted octanol–water partition coefficient (Wildman–Crippen LogP) is 2.92. The fraction of sp³-hybridized carbons (Fsp3) is 0.211. The summed E-state index contributed by atoms with van der Waals surface area (Å²) in [5.74, 6) is -1.26. The quantitative estimate of drug-likeness (QED) is 0.311. The molecule has 0 fully saturated rings. The van der Waals surface area contributed by atoms with Gasteiger partial charge in [0.15, 0.2) is 12.4 Å². The molecule has 0 aliphatic heterocycles. The zero-order valence-electron chi connectivity index (χ0n) is 15.1. The van der Waals surface area contributed by atoms with E-state index in [9.17, 15) is 24.5 Å². The summed E-state index contributed by atoms with van der Waals surface area (Å²) in [6.45, 7) is 1.15. The van der Waals surface area contributed by atoms with Crippen molar-refractivity contribution in [1.29, 1.82) is 0 Å². The molecular formula is C19H19N3O6. The minimum absolute atomic E-state index is 0.145. The molecule has 28 heavy (non-hydrogen) atoms. The Morgan fingerprint density at radius 2 is 1.71 bits per heavy atom. The lowest BCUT2D eigenvalue weighted by atomic mass is 10.1. The molecule has 2 aromatic carbocycles. The molecule has 0 bridgehead atoms. The van der Waals surface area contributed by atoms with Gasteiger partial charge in [0.05, 0.1) is 4.92 Å². The number of ketones is 1. The van der Waals surface area contributed by atoms with Gasteiger partial charge in [0, 0.05) is 23.4 Å². The zero-order chi connectivity index (χ0) is 20.5. The van der Waals surface area contributed by atoms with E-state index in [4.69, 9.17) is 4.74 Å². The first-order chi connectivity index (χ1) is 13.4. The highest BCUT2D eigenvalue weighted by atomic mass is 16.6. The number of nitrogens with one attached hydrogen (secondary N) is 2. The van der Waals surface area contributed by atoms with Crippen LogP contribution in [-0.2, 0) is 9.53 Å². The number of carbonyl (C=O) groups excluding carboxylic acids is 3. The first-order valence-corrected chi connectivity index (χ1v) is 8.47. The lowest BCUT2D eigenvalue weighted by Gasteiger charge is -2.16. The maximum Gasteiger partial charge on any atom is 0.329 e. The first-order valence-electron chi connectivity index (χ1n) is 8.47. The summed E-state index contributed by atoms with van der Waals surface area (Å²) in [4.78, 5) is 46.2. The number of non-ortho nitro benzene ring substituents is 1. The van der Waals surface area contributed by atoms with Crippen molar-refractivity contribution in [2.75, 3.05) is 11.9 Å². The number of esters is 1. The molecular weight excluding hydrogens is 366 g/mol. The van der Waals surface area contributed by atoms with E-state index < -0.39 is 35.4 Å². The standard InChI is InChI=1S/C19H19N3O6/c1-2-16(21-19(25)20-14-6-4-3-5-7-14)18(24)28-12-17(23)13-8-10-15(11-9-13)22(26)27/h3-11,16H,2,12H2,1H3,(H2,20,21,25)/t16-/m0/s1. The van der Waals surface area contributed by atoms with E-state index >= 15 is 0 Å². The third-order valence-electron chi connectivity index (χ3n) is 3.78. The Kier molecular flexibility index (Phi) is 7.21. The van der Waals surface area contributed by atoms with Crippen molar-refractivity contribution in [3.8, 4) is 0 Å². The van der Waals surface area contributed by atoms with Gasteiger partial charge < -0.3 is 15.4 Å². The van der Waals surface area contributed by atoms with Gasteiger partial charge in [-0.1, -0.05) is 25.1 Å². The fourth-order valence-corrected chi connectivity index (χ4v) is 2.26. The molecule has 0 saturated heterocycles. The summed E-state index contributed by atoms with van der Waals surface area (Å²) in [5.41, 5.74) is 0.603. The van der Waals surface area contributed by atoms with E-state index in [1.165, 1.54) is 24.3 Å². The number of rotatable bonds is 8. The Bertz CT molecular complexity index is 852. The Morgan fingerprint density at radius 3 is 2.29 bits per heavy atom. The zero-order valence-corrected chi connectivity index (χ0v) is 15.1. The Morgan fingerprint density at radius 1 is 1.07 bits per heavy atom. The van der Waals surface area contributed by atoms with Crippen molar-refractivity contribution in [3.05, 3.63) is 70.3 Å². The molecule has 0 spiro atoms. The van der Waals surface area contributed by atoms with Crippen molar-refractivity contribution < 1.29 is 24.0 Å². The lowest BCUT2D eigenvalue weighted by Crippen LogP contribution is -2.43. The summed E-state index contributed by atoms with van der Waals surface area (Å²) in [7, 11) is 0. The van der Waals surface area contributed by atoms with Gasteiger partial charge in [-0.2, -0.15) is 0 Å². The molecule has 2 rings (SSSR count). The Labute approximate surface area is 160 Å². The number of amides is 2. The van der Waals surface area contributed by atoms with Gasteiger partial charge in [0.1, 0.15) is 6.04 Å². The normalized spacial score (nSPS) is 11.2. The number of nitro benzene ring substituents is 1. The molecule has 0 unspecified atom stereocenters. The van der Waals surface area contributed by atoms with Crippen molar-refractivity contribution in [2.24, 2.45) is 0 Å². The third-order valence-corrected chi connectivity index (χ3v) is 3.78. The summed E-state index contributed by atoms with van der Waals surface area (Å²) < 4.78 is 4.98. The van der Waals surface area contributed by atoms with Crippen LogP contribution in [0.15, 0.2) is 54.6 Å². The van der Waals surface area contributed by atoms with Crippen LogP contribution >= 0.6 is 0 Å². The Hall–Kier alpha value is -3.75. The molecule has 0 aromatic heterocycles. The van der Waals surface area contributed by atoms with Crippen molar-refractivity contribution in [3.63, 3.8) is 0 Å².